The summed E-state index contributed by atoms with van der Waals surface area (Å²) in [7, 11) is -4.06. The first kappa shape index (κ1) is 22.9. The van der Waals surface area contributed by atoms with Gasteiger partial charge in [0.2, 0.25) is 15.9 Å². The van der Waals surface area contributed by atoms with Crippen LogP contribution in [0.5, 0.6) is 0 Å². The fraction of sp³-hybridized carbons (Fsp3) is 0.350. The lowest BCUT2D eigenvalue weighted by Gasteiger charge is -2.22. The lowest BCUT2D eigenvalue weighted by molar-refractivity contribution is -0.121. The number of sulfonamides is 1. The fourth-order valence-corrected chi connectivity index (χ4v) is 3.68. The van der Waals surface area contributed by atoms with E-state index in [-0.39, 0.29) is 36.6 Å². The molecule has 2 aromatic rings. The SMILES string of the molecule is CC(C)[C@@H](Cc1ccc(F)cc1)NC(=O)CCNS(=O)(=O)c1ccc(F)c(F)c1. The summed E-state index contributed by atoms with van der Waals surface area (Å²) in [5.74, 6) is -3.02. The number of hydrogen-bond acceptors (Lipinski definition) is 3. The standard InChI is InChI=1S/C20H23F3N2O3S/c1-13(2)19(11-14-3-5-15(21)6-4-14)25-20(26)9-10-24-29(27,28)16-7-8-17(22)18(23)12-16/h3-8,12-13,19,24H,9-11H2,1-2H3,(H,25,26)/t19-/m1/s1. The zero-order valence-electron chi connectivity index (χ0n) is 16.1. The summed E-state index contributed by atoms with van der Waals surface area (Å²) in [5, 5.41) is 2.85. The second-order valence-corrected chi connectivity index (χ2v) is 8.74. The molecule has 2 aromatic carbocycles. The molecule has 0 bridgehead atoms. The molecule has 5 nitrogen and oxygen atoms in total. The first-order chi connectivity index (χ1) is 13.6. The molecule has 0 aliphatic carbocycles. The molecular formula is C20H23F3N2O3S. The maximum absolute atomic E-state index is 13.2. The fourth-order valence-electron chi connectivity index (χ4n) is 2.63. The Bertz CT molecular complexity index is 948. The van der Waals surface area contributed by atoms with Crippen LogP contribution in [0, 0.1) is 23.4 Å². The molecule has 1 atom stereocenters. The van der Waals surface area contributed by atoms with E-state index in [4.69, 9.17) is 0 Å². The highest BCUT2D eigenvalue weighted by Gasteiger charge is 2.19. The Kier molecular flexibility index (Phi) is 7.80. The van der Waals surface area contributed by atoms with E-state index in [0.717, 1.165) is 17.7 Å². The van der Waals surface area contributed by atoms with Crippen LogP contribution in [0.15, 0.2) is 47.4 Å². The Balaban J connectivity index is 1.89. The van der Waals surface area contributed by atoms with Gasteiger partial charge >= 0.3 is 0 Å². The molecule has 9 heteroatoms. The van der Waals surface area contributed by atoms with Crippen LogP contribution >= 0.6 is 0 Å². The molecule has 0 saturated heterocycles. The second-order valence-electron chi connectivity index (χ2n) is 6.97. The van der Waals surface area contributed by atoms with Gasteiger partial charge in [-0.15, -0.1) is 0 Å². The minimum absolute atomic E-state index is 0.0999. The minimum atomic E-state index is -4.06. The van der Waals surface area contributed by atoms with Crippen LogP contribution in [0.4, 0.5) is 13.2 Å². The van der Waals surface area contributed by atoms with E-state index < -0.39 is 26.6 Å². The van der Waals surface area contributed by atoms with Gasteiger partial charge in [-0.1, -0.05) is 26.0 Å². The highest BCUT2D eigenvalue weighted by atomic mass is 32.2. The van der Waals surface area contributed by atoms with Crippen molar-refractivity contribution in [2.24, 2.45) is 5.92 Å². The van der Waals surface area contributed by atoms with E-state index in [0.29, 0.717) is 12.5 Å². The number of carbonyl (C=O) groups is 1. The molecule has 0 saturated carbocycles. The third-order valence-electron chi connectivity index (χ3n) is 4.37. The van der Waals surface area contributed by atoms with E-state index in [1.165, 1.54) is 12.1 Å². The van der Waals surface area contributed by atoms with Crippen LogP contribution in [0.25, 0.3) is 0 Å². The molecule has 158 valence electrons. The topological polar surface area (TPSA) is 75.3 Å². The van der Waals surface area contributed by atoms with Gasteiger partial charge in [-0.05, 0) is 48.2 Å². The predicted molar refractivity (Wildman–Crippen MR) is 103 cm³/mol. The van der Waals surface area contributed by atoms with Gasteiger partial charge in [-0.3, -0.25) is 4.79 Å². The Labute approximate surface area is 168 Å². The van der Waals surface area contributed by atoms with Crippen molar-refractivity contribution in [2.75, 3.05) is 6.54 Å². The Morgan fingerprint density at radius 3 is 2.24 bits per heavy atom. The van der Waals surface area contributed by atoms with Crippen LogP contribution in [0.2, 0.25) is 0 Å². The molecule has 0 radical (unpaired) electrons. The molecule has 1 amide bonds. The molecule has 2 rings (SSSR count). The largest absolute Gasteiger partial charge is 0.353 e. The Morgan fingerprint density at radius 2 is 1.66 bits per heavy atom. The summed E-state index contributed by atoms with van der Waals surface area (Å²) < 4.78 is 65.6. The molecule has 29 heavy (non-hydrogen) atoms. The number of carbonyl (C=O) groups excluding carboxylic acids is 1. The molecule has 2 N–H and O–H groups in total. The van der Waals surface area contributed by atoms with Gasteiger partial charge < -0.3 is 5.32 Å². The van der Waals surface area contributed by atoms with Gasteiger partial charge in [0, 0.05) is 19.0 Å². The van der Waals surface area contributed by atoms with Crippen molar-refractivity contribution >= 4 is 15.9 Å². The smallest absolute Gasteiger partial charge is 0.240 e. The van der Waals surface area contributed by atoms with E-state index >= 15 is 0 Å². The third-order valence-corrected chi connectivity index (χ3v) is 5.82. The average Bonchev–Trinajstić information content (AvgIpc) is 2.64. The molecule has 0 fully saturated rings. The Hall–Kier alpha value is -2.39. The molecule has 0 heterocycles. The zero-order valence-corrected chi connectivity index (χ0v) is 16.9. The van der Waals surface area contributed by atoms with E-state index in [2.05, 4.69) is 10.0 Å². The van der Waals surface area contributed by atoms with Crippen LogP contribution in [0.3, 0.4) is 0 Å². The van der Waals surface area contributed by atoms with Gasteiger partial charge in [0.05, 0.1) is 4.90 Å². The first-order valence-electron chi connectivity index (χ1n) is 9.07. The monoisotopic (exact) mass is 428 g/mol. The summed E-state index contributed by atoms with van der Waals surface area (Å²) in [6.45, 7) is 3.66. The first-order valence-corrected chi connectivity index (χ1v) is 10.6. The molecular weight excluding hydrogens is 405 g/mol. The van der Waals surface area contributed by atoms with Crippen molar-refractivity contribution in [3.63, 3.8) is 0 Å². The van der Waals surface area contributed by atoms with Gasteiger partial charge in [0.15, 0.2) is 11.6 Å². The van der Waals surface area contributed by atoms with Gasteiger partial charge in [0.25, 0.3) is 0 Å². The predicted octanol–water partition coefficient (Wildman–Crippen LogP) is 3.16. The summed E-state index contributed by atoms with van der Waals surface area (Å²) >= 11 is 0. The normalized spacial score (nSPS) is 12.8. The molecule has 0 aromatic heterocycles. The minimum Gasteiger partial charge on any atom is -0.353 e. The quantitative estimate of drug-likeness (QED) is 0.644. The number of benzene rings is 2. The molecule has 0 aliphatic rings. The van der Waals surface area contributed by atoms with Crippen LogP contribution in [0.1, 0.15) is 25.8 Å². The van der Waals surface area contributed by atoms with Crippen molar-refractivity contribution in [1.82, 2.24) is 10.0 Å². The van der Waals surface area contributed by atoms with E-state index in [9.17, 15) is 26.4 Å². The molecule has 0 aliphatic heterocycles. The van der Waals surface area contributed by atoms with Crippen LogP contribution in [-0.2, 0) is 21.2 Å². The number of hydrogen-bond donors (Lipinski definition) is 2. The highest BCUT2D eigenvalue weighted by Crippen LogP contribution is 2.14. The summed E-state index contributed by atoms with van der Waals surface area (Å²) in [6, 6.07) is 8.02. The summed E-state index contributed by atoms with van der Waals surface area (Å²) in [6.07, 6.45) is 0.375. The third kappa shape index (κ3) is 6.86. The molecule has 0 unspecified atom stereocenters. The zero-order chi connectivity index (χ0) is 21.6. The van der Waals surface area contributed by atoms with Crippen molar-refractivity contribution in [3.8, 4) is 0 Å². The molecule has 0 spiro atoms. The number of nitrogens with one attached hydrogen (secondary N) is 2. The summed E-state index contributed by atoms with van der Waals surface area (Å²) in [5.41, 5.74) is 0.865. The van der Waals surface area contributed by atoms with Crippen LogP contribution < -0.4 is 10.0 Å². The second kappa shape index (κ2) is 9.89. The summed E-state index contributed by atoms with van der Waals surface area (Å²) in [4.78, 5) is 11.8. The average molecular weight is 428 g/mol. The highest BCUT2D eigenvalue weighted by molar-refractivity contribution is 7.89. The van der Waals surface area contributed by atoms with Crippen LogP contribution in [-0.4, -0.2) is 26.9 Å². The van der Waals surface area contributed by atoms with E-state index in [1.54, 1.807) is 12.1 Å². The van der Waals surface area contributed by atoms with Gasteiger partial charge in [-0.2, -0.15) is 0 Å². The van der Waals surface area contributed by atoms with Crippen molar-refractivity contribution in [2.45, 2.75) is 37.6 Å². The van der Waals surface area contributed by atoms with Gasteiger partial charge in [-0.25, -0.2) is 26.3 Å². The van der Waals surface area contributed by atoms with Crippen molar-refractivity contribution < 1.29 is 26.4 Å². The number of rotatable bonds is 9. The number of halogens is 3. The van der Waals surface area contributed by atoms with Crippen molar-refractivity contribution in [1.29, 1.82) is 0 Å². The maximum atomic E-state index is 13.2. The maximum Gasteiger partial charge on any atom is 0.240 e. The van der Waals surface area contributed by atoms with Gasteiger partial charge in [0.1, 0.15) is 5.82 Å². The lowest BCUT2D eigenvalue weighted by atomic mass is 9.96. The Morgan fingerprint density at radius 1 is 1.00 bits per heavy atom. The van der Waals surface area contributed by atoms with Crippen molar-refractivity contribution in [3.05, 3.63) is 65.5 Å². The van der Waals surface area contributed by atoms with E-state index in [1.807, 2.05) is 13.8 Å². The number of amides is 1. The lowest BCUT2D eigenvalue weighted by Crippen LogP contribution is -2.41.